The van der Waals surface area contributed by atoms with E-state index in [2.05, 4.69) is 5.32 Å². The van der Waals surface area contributed by atoms with E-state index >= 15 is 0 Å². The molecule has 0 aliphatic heterocycles. The smallest absolute Gasteiger partial charge is 0.221 e. The first kappa shape index (κ1) is 11.4. The Bertz CT molecular complexity index is 137. The Morgan fingerprint density at radius 3 is 2.58 bits per heavy atom. The Morgan fingerprint density at radius 1 is 1.58 bits per heavy atom. The summed E-state index contributed by atoms with van der Waals surface area (Å²) in [4.78, 5) is 13.1. The molecule has 0 saturated heterocycles. The molecule has 1 atom stereocenters. The van der Waals surface area contributed by atoms with Crippen LogP contribution in [0.2, 0.25) is 0 Å². The Balaban J connectivity index is 3.54. The molecule has 0 aliphatic rings. The van der Waals surface area contributed by atoms with Gasteiger partial charge in [0.1, 0.15) is 0 Å². The molecule has 0 heterocycles. The van der Waals surface area contributed by atoms with Gasteiger partial charge in [-0.15, -0.1) is 0 Å². The fourth-order valence-electron chi connectivity index (χ4n) is 0.718. The van der Waals surface area contributed by atoms with Gasteiger partial charge in [0.05, 0.1) is 6.61 Å². The van der Waals surface area contributed by atoms with Crippen molar-refractivity contribution in [3.63, 3.8) is 0 Å². The lowest BCUT2D eigenvalue weighted by Crippen LogP contribution is -2.34. The van der Waals surface area contributed by atoms with Gasteiger partial charge in [-0.2, -0.15) is 0 Å². The number of carbonyl (C=O) groups excluding carboxylic acids is 1. The molecular weight excluding hydrogens is 156 g/mol. The van der Waals surface area contributed by atoms with Gasteiger partial charge in [-0.1, -0.05) is 0 Å². The Labute approximate surface area is 73.6 Å². The lowest BCUT2D eigenvalue weighted by molar-refractivity contribution is -0.122. The van der Waals surface area contributed by atoms with Crippen LogP contribution in [0.4, 0.5) is 0 Å². The zero-order chi connectivity index (χ0) is 9.56. The minimum absolute atomic E-state index is 0.00207. The molecule has 1 amide bonds. The van der Waals surface area contributed by atoms with Crippen LogP contribution in [0.5, 0.6) is 0 Å². The maximum atomic E-state index is 11.1. The van der Waals surface area contributed by atoms with Crippen LogP contribution >= 0.6 is 0 Å². The molecule has 0 rings (SSSR count). The van der Waals surface area contributed by atoms with E-state index in [1.54, 1.807) is 0 Å². The highest BCUT2D eigenvalue weighted by molar-refractivity contribution is 5.76. The number of hydrogen-bond donors (Lipinski definition) is 2. The summed E-state index contributed by atoms with van der Waals surface area (Å²) >= 11 is 0. The second-order valence-corrected chi connectivity index (χ2v) is 3.09. The number of hydrogen-bond acceptors (Lipinski definition) is 3. The molecule has 0 fully saturated rings. The average molecular weight is 174 g/mol. The van der Waals surface area contributed by atoms with Crippen LogP contribution < -0.4 is 5.32 Å². The van der Waals surface area contributed by atoms with Gasteiger partial charge in [0.15, 0.2) is 0 Å². The average Bonchev–Trinajstić information content (AvgIpc) is 2.00. The molecule has 4 nitrogen and oxygen atoms in total. The summed E-state index contributed by atoms with van der Waals surface area (Å²) in [5, 5.41) is 11.0. The second-order valence-electron chi connectivity index (χ2n) is 3.09. The molecular formula is C8H18N2O2. The van der Waals surface area contributed by atoms with E-state index in [0.717, 1.165) is 0 Å². The summed E-state index contributed by atoms with van der Waals surface area (Å²) in [7, 11) is 3.87. The largest absolute Gasteiger partial charge is 0.395 e. The van der Waals surface area contributed by atoms with Crippen molar-refractivity contribution in [2.45, 2.75) is 19.4 Å². The van der Waals surface area contributed by atoms with Gasteiger partial charge in [0, 0.05) is 19.0 Å². The summed E-state index contributed by atoms with van der Waals surface area (Å²) in [6, 6.07) is 0.240. The molecule has 1 unspecified atom stereocenters. The number of amides is 1. The zero-order valence-electron chi connectivity index (χ0n) is 8.00. The molecule has 72 valence electrons. The minimum Gasteiger partial charge on any atom is -0.395 e. The number of nitrogens with one attached hydrogen (secondary N) is 1. The van der Waals surface area contributed by atoms with Gasteiger partial charge in [0.25, 0.3) is 0 Å². The highest BCUT2D eigenvalue weighted by Gasteiger charge is 2.09. The van der Waals surface area contributed by atoms with Crippen molar-refractivity contribution in [3.05, 3.63) is 0 Å². The normalized spacial score (nSPS) is 13.1. The van der Waals surface area contributed by atoms with Crippen molar-refractivity contribution >= 4 is 5.91 Å². The molecule has 2 N–H and O–H groups in total. The van der Waals surface area contributed by atoms with Crippen molar-refractivity contribution in [3.8, 4) is 0 Å². The van der Waals surface area contributed by atoms with Crippen molar-refractivity contribution < 1.29 is 9.90 Å². The monoisotopic (exact) mass is 174 g/mol. The third-order valence-electron chi connectivity index (χ3n) is 1.80. The Morgan fingerprint density at radius 2 is 2.17 bits per heavy atom. The highest BCUT2D eigenvalue weighted by Crippen LogP contribution is 1.96. The molecule has 0 spiro atoms. The first-order chi connectivity index (χ1) is 5.57. The maximum Gasteiger partial charge on any atom is 0.221 e. The number of carbonyl (C=O) groups is 1. The standard InChI is InChI=1S/C8H18N2O2/c1-7(10(2)3)6-8(12)9-4-5-11/h7,11H,4-6H2,1-3H3,(H,9,12). The van der Waals surface area contributed by atoms with Crippen LogP contribution in [-0.4, -0.2) is 49.2 Å². The number of rotatable bonds is 5. The fraction of sp³-hybridized carbons (Fsp3) is 0.875. The van der Waals surface area contributed by atoms with E-state index in [4.69, 9.17) is 5.11 Å². The van der Waals surface area contributed by atoms with E-state index in [0.29, 0.717) is 13.0 Å². The fourth-order valence-corrected chi connectivity index (χ4v) is 0.718. The lowest BCUT2D eigenvalue weighted by atomic mass is 10.2. The van der Waals surface area contributed by atoms with Gasteiger partial charge in [-0.3, -0.25) is 4.79 Å². The molecule has 0 bridgehead atoms. The van der Waals surface area contributed by atoms with Gasteiger partial charge in [0.2, 0.25) is 5.91 Å². The van der Waals surface area contributed by atoms with Gasteiger partial charge in [-0.25, -0.2) is 0 Å². The molecule has 0 aromatic heterocycles. The Kier molecular flexibility index (Phi) is 5.66. The first-order valence-electron chi connectivity index (χ1n) is 4.12. The third kappa shape index (κ3) is 5.09. The molecule has 0 saturated carbocycles. The van der Waals surface area contributed by atoms with Crippen molar-refractivity contribution in [2.75, 3.05) is 27.2 Å². The second kappa shape index (κ2) is 5.97. The van der Waals surface area contributed by atoms with Crippen molar-refractivity contribution in [2.24, 2.45) is 0 Å². The van der Waals surface area contributed by atoms with Crippen molar-refractivity contribution in [1.82, 2.24) is 10.2 Å². The molecule has 0 aromatic rings. The first-order valence-corrected chi connectivity index (χ1v) is 4.12. The van der Waals surface area contributed by atoms with Crippen LogP contribution in [0.15, 0.2) is 0 Å². The van der Waals surface area contributed by atoms with E-state index in [9.17, 15) is 4.79 Å². The predicted molar refractivity (Wildman–Crippen MR) is 47.9 cm³/mol. The van der Waals surface area contributed by atoms with Gasteiger partial charge < -0.3 is 15.3 Å². The minimum atomic E-state index is -0.00903. The molecule has 0 radical (unpaired) electrons. The molecule has 4 heteroatoms. The highest BCUT2D eigenvalue weighted by atomic mass is 16.3. The van der Waals surface area contributed by atoms with Gasteiger partial charge in [-0.05, 0) is 21.0 Å². The van der Waals surface area contributed by atoms with Crippen LogP contribution in [0, 0.1) is 0 Å². The van der Waals surface area contributed by atoms with Crippen LogP contribution in [0.25, 0.3) is 0 Å². The van der Waals surface area contributed by atoms with Crippen LogP contribution in [0.3, 0.4) is 0 Å². The summed E-state index contributed by atoms with van der Waals surface area (Å²) in [6.07, 6.45) is 0.479. The topological polar surface area (TPSA) is 52.6 Å². The molecule has 0 aromatic carbocycles. The third-order valence-corrected chi connectivity index (χ3v) is 1.80. The van der Waals surface area contributed by atoms with E-state index in [1.807, 2.05) is 25.9 Å². The summed E-state index contributed by atoms with van der Waals surface area (Å²) in [6.45, 7) is 2.33. The number of nitrogens with zero attached hydrogens (tertiary/aromatic N) is 1. The van der Waals surface area contributed by atoms with Crippen LogP contribution in [0.1, 0.15) is 13.3 Å². The van der Waals surface area contributed by atoms with Crippen LogP contribution in [-0.2, 0) is 4.79 Å². The summed E-state index contributed by atoms with van der Waals surface area (Å²) in [5.41, 5.74) is 0. The van der Waals surface area contributed by atoms with E-state index in [-0.39, 0.29) is 18.6 Å². The maximum absolute atomic E-state index is 11.1. The van der Waals surface area contributed by atoms with E-state index in [1.165, 1.54) is 0 Å². The van der Waals surface area contributed by atoms with E-state index < -0.39 is 0 Å². The predicted octanol–water partition coefficient (Wildman–Crippen LogP) is -0.565. The number of aliphatic hydroxyl groups is 1. The number of aliphatic hydroxyl groups excluding tert-OH is 1. The summed E-state index contributed by atoms with van der Waals surface area (Å²) in [5.74, 6) is -0.00903. The quantitative estimate of drug-likeness (QED) is 0.587. The van der Waals surface area contributed by atoms with Crippen molar-refractivity contribution in [1.29, 1.82) is 0 Å². The molecule has 12 heavy (non-hydrogen) atoms. The zero-order valence-corrected chi connectivity index (χ0v) is 8.00. The lowest BCUT2D eigenvalue weighted by Gasteiger charge is -2.18. The van der Waals surface area contributed by atoms with Gasteiger partial charge >= 0.3 is 0 Å². The SMILES string of the molecule is CC(CC(=O)NCCO)N(C)C. The Hall–Kier alpha value is -0.610. The molecule has 0 aliphatic carbocycles. The summed E-state index contributed by atoms with van der Waals surface area (Å²) < 4.78 is 0.